The zero-order valence-corrected chi connectivity index (χ0v) is 17.9. The maximum atomic E-state index is 12.9. The molecule has 8 heteroatoms. The third-order valence-corrected chi connectivity index (χ3v) is 6.04. The molecule has 3 N–H and O–H groups in total. The Morgan fingerprint density at radius 3 is 2.44 bits per heavy atom. The lowest BCUT2D eigenvalue weighted by Crippen LogP contribution is -2.35. The van der Waals surface area contributed by atoms with E-state index in [-0.39, 0.29) is 17.2 Å². The Morgan fingerprint density at radius 1 is 1.00 bits per heavy atom. The molecule has 2 aliphatic rings. The summed E-state index contributed by atoms with van der Waals surface area (Å²) in [6.45, 7) is 3.18. The number of phenols is 1. The van der Waals surface area contributed by atoms with Gasteiger partial charge in [-0.25, -0.2) is 4.79 Å². The molecular formula is C24H26N2O6. The van der Waals surface area contributed by atoms with Crippen molar-refractivity contribution in [2.75, 3.05) is 18.4 Å². The highest BCUT2D eigenvalue weighted by molar-refractivity contribution is 6.36. The molecule has 32 heavy (non-hydrogen) atoms. The van der Waals surface area contributed by atoms with Gasteiger partial charge in [-0.3, -0.25) is 9.59 Å². The average molecular weight is 438 g/mol. The number of ether oxygens (including phenoxy) is 1. The van der Waals surface area contributed by atoms with E-state index in [1.165, 1.54) is 6.07 Å². The predicted molar refractivity (Wildman–Crippen MR) is 117 cm³/mol. The van der Waals surface area contributed by atoms with Gasteiger partial charge in [-0.05, 0) is 80.8 Å². The molecule has 1 heterocycles. The van der Waals surface area contributed by atoms with Crippen LogP contribution in [0.15, 0.2) is 24.3 Å². The quantitative estimate of drug-likeness (QED) is 0.628. The van der Waals surface area contributed by atoms with Crippen molar-refractivity contribution in [3.63, 3.8) is 0 Å². The minimum absolute atomic E-state index is 0.0818. The third-order valence-electron chi connectivity index (χ3n) is 6.04. The van der Waals surface area contributed by atoms with E-state index in [1.807, 2.05) is 6.92 Å². The first-order valence-corrected chi connectivity index (χ1v) is 10.8. The summed E-state index contributed by atoms with van der Waals surface area (Å²) in [7, 11) is 0. The van der Waals surface area contributed by atoms with Crippen LogP contribution in [0.4, 0.5) is 5.69 Å². The van der Waals surface area contributed by atoms with Gasteiger partial charge in [0.2, 0.25) is 0 Å². The van der Waals surface area contributed by atoms with Crippen LogP contribution in [0.2, 0.25) is 0 Å². The van der Waals surface area contributed by atoms with Gasteiger partial charge in [-0.1, -0.05) is 0 Å². The maximum Gasteiger partial charge on any atom is 0.394 e. The van der Waals surface area contributed by atoms with Crippen LogP contribution in [-0.4, -0.2) is 46.0 Å². The fraction of sp³-hybridized carbons (Fsp3) is 0.375. The number of rotatable bonds is 4. The number of carboxylic acids is 1. The average Bonchev–Trinajstić information content (AvgIpc) is 3.27. The summed E-state index contributed by atoms with van der Waals surface area (Å²) >= 11 is 0. The van der Waals surface area contributed by atoms with Gasteiger partial charge in [0.25, 0.3) is 5.91 Å². The summed E-state index contributed by atoms with van der Waals surface area (Å²) < 4.78 is 6.18. The number of carbonyl (C=O) groups is 3. The first-order chi connectivity index (χ1) is 15.3. The number of benzene rings is 2. The number of aryl methyl sites for hydroxylation is 1. The fourth-order valence-corrected chi connectivity index (χ4v) is 4.46. The second kappa shape index (κ2) is 8.90. The number of carboxylic acid groups (broad SMARTS) is 1. The number of aliphatic carboxylic acids is 1. The zero-order valence-electron chi connectivity index (χ0n) is 17.9. The van der Waals surface area contributed by atoms with Crippen molar-refractivity contribution in [2.45, 2.75) is 45.4 Å². The number of hydrogen-bond donors (Lipinski definition) is 3. The van der Waals surface area contributed by atoms with Crippen molar-refractivity contribution in [1.29, 1.82) is 0 Å². The molecule has 2 amide bonds. The summed E-state index contributed by atoms with van der Waals surface area (Å²) in [5.41, 5.74) is 3.22. The molecule has 2 aromatic carbocycles. The number of likely N-dealkylation sites (tertiary alicyclic amines) is 1. The van der Waals surface area contributed by atoms with Crippen molar-refractivity contribution in [3.8, 4) is 17.2 Å². The fourth-order valence-electron chi connectivity index (χ4n) is 4.46. The largest absolute Gasteiger partial charge is 0.507 e. The Hall–Kier alpha value is -3.55. The highest BCUT2D eigenvalue weighted by atomic mass is 16.5. The van der Waals surface area contributed by atoms with Gasteiger partial charge in [-0.15, -0.1) is 0 Å². The van der Waals surface area contributed by atoms with Gasteiger partial charge >= 0.3 is 11.9 Å². The van der Waals surface area contributed by atoms with Crippen LogP contribution >= 0.6 is 0 Å². The van der Waals surface area contributed by atoms with Crippen LogP contribution in [0.3, 0.4) is 0 Å². The molecule has 0 radical (unpaired) electrons. The standard InChI is InChI=1S/C24H26N2O6/c1-14-12-19(25-22(28)24(30)31)16-6-5-7-17(16)21(14)32-15-8-9-20(27)18(13-15)23(29)26-10-3-2-4-11-26/h8-9,12-13,27H,2-7,10-11H2,1H3,(H,25,28)(H,30,31). The monoisotopic (exact) mass is 438 g/mol. The molecule has 1 aliphatic carbocycles. The van der Waals surface area contributed by atoms with Crippen LogP contribution in [0.1, 0.15) is 52.7 Å². The van der Waals surface area contributed by atoms with Crippen molar-refractivity contribution >= 4 is 23.5 Å². The number of amides is 2. The van der Waals surface area contributed by atoms with Crippen molar-refractivity contribution < 1.29 is 29.3 Å². The normalized spacial score (nSPS) is 15.2. The number of nitrogens with one attached hydrogen (secondary N) is 1. The molecule has 0 saturated carbocycles. The van der Waals surface area contributed by atoms with Crippen LogP contribution in [0.5, 0.6) is 17.2 Å². The molecule has 8 nitrogen and oxygen atoms in total. The summed E-state index contributed by atoms with van der Waals surface area (Å²) in [5.74, 6) is -1.84. The molecule has 4 rings (SSSR count). The SMILES string of the molecule is Cc1cc(NC(=O)C(=O)O)c2c(c1Oc1ccc(O)c(C(=O)N3CCCCC3)c1)CCC2. The highest BCUT2D eigenvalue weighted by Gasteiger charge is 2.26. The van der Waals surface area contributed by atoms with Crippen molar-refractivity contribution in [3.05, 3.63) is 46.5 Å². The van der Waals surface area contributed by atoms with E-state index in [4.69, 9.17) is 9.84 Å². The molecule has 1 fully saturated rings. The van der Waals surface area contributed by atoms with Crippen molar-refractivity contribution in [2.24, 2.45) is 0 Å². The molecule has 1 aliphatic heterocycles. The van der Waals surface area contributed by atoms with Crippen LogP contribution < -0.4 is 10.1 Å². The topological polar surface area (TPSA) is 116 Å². The Kier molecular flexibility index (Phi) is 6.03. The maximum absolute atomic E-state index is 12.9. The van der Waals surface area contributed by atoms with Crippen molar-refractivity contribution in [1.82, 2.24) is 4.90 Å². The van der Waals surface area contributed by atoms with Gasteiger partial charge in [0.05, 0.1) is 5.56 Å². The summed E-state index contributed by atoms with van der Waals surface area (Å²) in [5, 5.41) is 21.7. The minimum atomic E-state index is -1.54. The second-order valence-electron chi connectivity index (χ2n) is 8.27. The van der Waals surface area contributed by atoms with Crippen LogP contribution in [0, 0.1) is 6.92 Å². The Balaban J connectivity index is 1.63. The van der Waals surface area contributed by atoms with E-state index in [0.717, 1.165) is 48.8 Å². The number of anilines is 1. The minimum Gasteiger partial charge on any atom is -0.507 e. The van der Waals surface area contributed by atoms with Crippen LogP contribution in [0.25, 0.3) is 0 Å². The molecule has 0 aromatic heterocycles. The smallest absolute Gasteiger partial charge is 0.394 e. The van der Waals surface area contributed by atoms with E-state index in [1.54, 1.807) is 23.1 Å². The number of carbonyl (C=O) groups excluding carboxylic acids is 2. The lowest BCUT2D eigenvalue weighted by atomic mass is 10.0. The molecule has 0 atom stereocenters. The number of nitrogens with zero attached hydrogens (tertiary/aromatic N) is 1. The molecule has 2 aromatic rings. The molecular weight excluding hydrogens is 412 g/mol. The van der Waals surface area contributed by atoms with E-state index >= 15 is 0 Å². The molecule has 0 spiro atoms. The van der Waals surface area contributed by atoms with Gasteiger partial charge in [0, 0.05) is 24.3 Å². The molecule has 0 bridgehead atoms. The summed E-state index contributed by atoms with van der Waals surface area (Å²) in [6, 6.07) is 6.35. The Bertz CT molecular complexity index is 1090. The summed E-state index contributed by atoms with van der Waals surface area (Å²) in [4.78, 5) is 37.3. The molecule has 1 saturated heterocycles. The van der Waals surface area contributed by atoms with Crippen LogP contribution in [-0.2, 0) is 22.4 Å². The van der Waals surface area contributed by atoms with E-state index in [2.05, 4.69) is 5.32 Å². The lowest BCUT2D eigenvalue weighted by Gasteiger charge is -2.27. The first kappa shape index (κ1) is 21.7. The molecule has 0 unspecified atom stereocenters. The van der Waals surface area contributed by atoms with E-state index in [0.29, 0.717) is 36.7 Å². The second-order valence-corrected chi connectivity index (χ2v) is 8.27. The van der Waals surface area contributed by atoms with Gasteiger partial charge in [0.1, 0.15) is 17.2 Å². The highest BCUT2D eigenvalue weighted by Crippen LogP contribution is 2.41. The van der Waals surface area contributed by atoms with Gasteiger partial charge in [-0.2, -0.15) is 0 Å². The zero-order chi connectivity index (χ0) is 22.8. The van der Waals surface area contributed by atoms with Gasteiger partial charge < -0.3 is 25.2 Å². The number of phenolic OH excluding ortho intramolecular Hbond substituents is 1. The lowest BCUT2D eigenvalue weighted by molar-refractivity contribution is -0.147. The third kappa shape index (κ3) is 4.26. The predicted octanol–water partition coefficient (Wildman–Crippen LogP) is 3.63. The Morgan fingerprint density at radius 2 is 1.72 bits per heavy atom. The first-order valence-electron chi connectivity index (χ1n) is 10.8. The molecule has 168 valence electrons. The van der Waals surface area contributed by atoms with E-state index < -0.39 is 11.9 Å². The number of fused-ring (bicyclic) bond motifs is 1. The number of piperidine rings is 1. The Labute approximate surface area is 185 Å². The van der Waals surface area contributed by atoms with Gasteiger partial charge in [0.15, 0.2) is 0 Å². The number of aromatic hydroxyl groups is 1. The number of hydrogen-bond acceptors (Lipinski definition) is 5. The summed E-state index contributed by atoms with van der Waals surface area (Å²) in [6.07, 6.45) is 5.32. The van der Waals surface area contributed by atoms with E-state index in [9.17, 15) is 19.5 Å².